The lowest BCUT2D eigenvalue weighted by molar-refractivity contribution is -0.119. The van der Waals surface area contributed by atoms with Gasteiger partial charge in [0.25, 0.3) is 15.9 Å². The molecule has 3 aromatic carbocycles. The lowest BCUT2D eigenvalue weighted by Crippen LogP contribution is -2.39. The molecule has 1 aromatic heterocycles. The van der Waals surface area contributed by atoms with Crippen molar-refractivity contribution in [1.82, 2.24) is 9.99 Å². The molecule has 218 valence electrons. The van der Waals surface area contributed by atoms with Crippen LogP contribution >= 0.6 is 0 Å². The van der Waals surface area contributed by atoms with Crippen LogP contribution in [0.3, 0.4) is 0 Å². The molecule has 0 fully saturated rings. The Morgan fingerprint density at radius 2 is 1.62 bits per heavy atom. The van der Waals surface area contributed by atoms with Crippen molar-refractivity contribution in [3.05, 3.63) is 101 Å². The molecule has 4 aromatic rings. The normalized spacial score (nSPS) is 12.9. The molecule has 9 nitrogen and oxygen atoms in total. The second-order valence-electron chi connectivity index (χ2n) is 10.1. The molecule has 5 rings (SSSR count). The second kappa shape index (κ2) is 11.7. The highest BCUT2D eigenvalue weighted by Gasteiger charge is 2.29. The van der Waals surface area contributed by atoms with E-state index < -0.39 is 28.3 Å². The molecule has 0 bridgehead atoms. The molecule has 11 heteroatoms. The number of nitrogens with one attached hydrogen (secondary N) is 1. The fraction of sp³-hybridized carbons (Fsp3) is 0.226. The molecule has 42 heavy (non-hydrogen) atoms. The minimum absolute atomic E-state index is 0.105. The standard InChI is InChI=1S/C31H31FN4O5S/c1-20-13-21(2)15-27(14-20)36-22(3)16-24(23(36)4)18-33-34-31(37)19-35(26-7-5-25(32)6-8-26)42(38,39)28-9-10-29-30(17-28)41-12-11-40-29/h5-10,13-18H,11-12,19H2,1-4H3,(H,34,37)/b33-18-. The van der Waals surface area contributed by atoms with Crippen molar-refractivity contribution < 1.29 is 27.1 Å². The largest absolute Gasteiger partial charge is 0.486 e. The molecule has 0 radical (unpaired) electrons. The predicted molar refractivity (Wildman–Crippen MR) is 159 cm³/mol. The first-order valence-corrected chi connectivity index (χ1v) is 14.7. The summed E-state index contributed by atoms with van der Waals surface area (Å²) < 4.78 is 55.1. The maximum atomic E-state index is 13.7. The van der Waals surface area contributed by atoms with E-state index >= 15 is 0 Å². The van der Waals surface area contributed by atoms with Crippen LogP contribution in [-0.2, 0) is 14.8 Å². The molecule has 1 amide bonds. The van der Waals surface area contributed by atoms with Crippen molar-refractivity contribution >= 4 is 27.8 Å². The van der Waals surface area contributed by atoms with Gasteiger partial charge in [0.2, 0.25) is 0 Å². The summed E-state index contributed by atoms with van der Waals surface area (Å²) in [4.78, 5) is 12.9. The molecule has 1 aliphatic rings. The molecule has 1 N–H and O–H groups in total. The number of aromatic nitrogens is 1. The van der Waals surface area contributed by atoms with E-state index in [0.717, 1.165) is 50.2 Å². The Hall–Kier alpha value is -4.64. The van der Waals surface area contributed by atoms with Crippen molar-refractivity contribution in [3.63, 3.8) is 0 Å². The SMILES string of the molecule is Cc1cc(C)cc(-n2c(C)cc(/C=N\NC(=O)CN(c3ccc(F)cc3)S(=O)(=O)c3ccc4c(c3)OCCO4)c2C)c1. The Morgan fingerprint density at radius 1 is 0.952 bits per heavy atom. The quantitative estimate of drug-likeness (QED) is 0.231. The average Bonchev–Trinajstić information content (AvgIpc) is 3.23. The Bertz CT molecular complexity index is 1760. The van der Waals surface area contributed by atoms with Crippen LogP contribution in [0.4, 0.5) is 10.1 Å². The van der Waals surface area contributed by atoms with Gasteiger partial charge in [0, 0.05) is 28.7 Å². The van der Waals surface area contributed by atoms with E-state index in [1.165, 1.54) is 36.5 Å². The number of fused-ring (bicyclic) bond motifs is 1. The van der Waals surface area contributed by atoms with Crippen LogP contribution in [0.1, 0.15) is 28.1 Å². The number of hydrogen-bond donors (Lipinski definition) is 1. The van der Waals surface area contributed by atoms with E-state index in [0.29, 0.717) is 12.4 Å². The van der Waals surface area contributed by atoms with Gasteiger partial charge in [0.05, 0.1) is 16.8 Å². The third kappa shape index (κ3) is 6.01. The first-order valence-electron chi connectivity index (χ1n) is 13.3. The Balaban J connectivity index is 1.37. The van der Waals surface area contributed by atoms with Gasteiger partial charge in [-0.1, -0.05) is 6.07 Å². The number of rotatable bonds is 8. The molecule has 0 spiro atoms. The summed E-state index contributed by atoms with van der Waals surface area (Å²) in [5, 5.41) is 4.10. The Kier molecular flexibility index (Phi) is 8.04. The summed E-state index contributed by atoms with van der Waals surface area (Å²) in [5.74, 6) is -0.505. The maximum absolute atomic E-state index is 13.7. The number of hydrogen-bond acceptors (Lipinski definition) is 6. The number of carbonyl (C=O) groups is 1. The second-order valence-corrected chi connectivity index (χ2v) is 12.0. The summed E-state index contributed by atoms with van der Waals surface area (Å²) >= 11 is 0. The van der Waals surface area contributed by atoms with Gasteiger partial charge in [0.15, 0.2) is 11.5 Å². The van der Waals surface area contributed by atoms with Gasteiger partial charge >= 0.3 is 0 Å². The van der Waals surface area contributed by atoms with Gasteiger partial charge in [-0.25, -0.2) is 18.2 Å². The van der Waals surface area contributed by atoms with Crippen molar-refractivity contribution in [2.24, 2.45) is 5.10 Å². The topological polar surface area (TPSA) is 102 Å². The highest BCUT2D eigenvalue weighted by Crippen LogP contribution is 2.34. The van der Waals surface area contributed by atoms with Crippen LogP contribution in [0.5, 0.6) is 11.5 Å². The minimum atomic E-state index is -4.26. The Morgan fingerprint density at radius 3 is 2.31 bits per heavy atom. The van der Waals surface area contributed by atoms with Gasteiger partial charge in [-0.2, -0.15) is 5.10 Å². The number of benzene rings is 3. The summed E-state index contributed by atoms with van der Waals surface area (Å²) in [6.07, 6.45) is 1.52. The lowest BCUT2D eigenvalue weighted by Gasteiger charge is -2.25. The fourth-order valence-corrected chi connectivity index (χ4v) is 6.41. The van der Waals surface area contributed by atoms with E-state index in [9.17, 15) is 17.6 Å². The van der Waals surface area contributed by atoms with Crippen LogP contribution in [0.15, 0.2) is 76.7 Å². The zero-order chi connectivity index (χ0) is 30.0. The molecule has 0 unspecified atom stereocenters. The first-order chi connectivity index (χ1) is 20.0. The fourth-order valence-electron chi connectivity index (χ4n) is 4.97. The van der Waals surface area contributed by atoms with Gasteiger partial charge < -0.3 is 14.0 Å². The van der Waals surface area contributed by atoms with E-state index in [-0.39, 0.29) is 22.9 Å². The molecule has 0 saturated carbocycles. The number of sulfonamides is 1. The lowest BCUT2D eigenvalue weighted by atomic mass is 10.1. The average molecular weight is 591 g/mol. The first kappa shape index (κ1) is 28.9. The highest BCUT2D eigenvalue weighted by atomic mass is 32.2. The zero-order valence-electron chi connectivity index (χ0n) is 23.7. The molecular formula is C31H31FN4O5S. The van der Waals surface area contributed by atoms with Crippen LogP contribution < -0.4 is 19.2 Å². The van der Waals surface area contributed by atoms with Crippen LogP contribution in [0.2, 0.25) is 0 Å². The molecule has 2 heterocycles. The van der Waals surface area contributed by atoms with Crippen LogP contribution in [0, 0.1) is 33.5 Å². The predicted octanol–water partition coefficient (Wildman–Crippen LogP) is 4.97. The van der Waals surface area contributed by atoms with Crippen molar-refractivity contribution in [2.45, 2.75) is 32.6 Å². The van der Waals surface area contributed by atoms with Crippen LogP contribution in [-0.4, -0.2) is 44.9 Å². The number of nitrogens with zero attached hydrogens (tertiary/aromatic N) is 3. The van der Waals surface area contributed by atoms with E-state index in [1.54, 1.807) is 0 Å². The number of halogens is 1. The third-order valence-corrected chi connectivity index (χ3v) is 8.60. The van der Waals surface area contributed by atoms with Crippen molar-refractivity contribution in [1.29, 1.82) is 0 Å². The minimum Gasteiger partial charge on any atom is -0.486 e. The van der Waals surface area contributed by atoms with Gasteiger partial charge in [-0.15, -0.1) is 0 Å². The number of ether oxygens (including phenoxy) is 2. The molecule has 0 saturated heterocycles. The number of amides is 1. The summed E-state index contributed by atoms with van der Waals surface area (Å²) in [5.41, 5.74) is 8.60. The van der Waals surface area contributed by atoms with E-state index in [4.69, 9.17) is 9.47 Å². The van der Waals surface area contributed by atoms with Gasteiger partial charge in [-0.05, 0) is 93.4 Å². The maximum Gasteiger partial charge on any atom is 0.264 e. The van der Waals surface area contributed by atoms with Crippen molar-refractivity contribution in [2.75, 3.05) is 24.1 Å². The highest BCUT2D eigenvalue weighted by molar-refractivity contribution is 7.92. The van der Waals surface area contributed by atoms with Crippen molar-refractivity contribution in [3.8, 4) is 17.2 Å². The van der Waals surface area contributed by atoms with E-state index in [2.05, 4.69) is 33.3 Å². The smallest absolute Gasteiger partial charge is 0.264 e. The summed E-state index contributed by atoms with van der Waals surface area (Å²) in [7, 11) is -4.26. The molecule has 0 atom stereocenters. The van der Waals surface area contributed by atoms with E-state index in [1.807, 2.05) is 33.8 Å². The molecular weight excluding hydrogens is 559 g/mol. The Labute approximate surface area is 244 Å². The number of aryl methyl sites for hydroxylation is 3. The zero-order valence-corrected chi connectivity index (χ0v) is 24.5. The number of anilines is 1. The van der Waals surface area contributed by atoms with Gasteiger partial charge in [0.1, 0.15) is 25.6 Å². The van der Waals surface area contributed by atoms with Crippen LogP contribution in [0.25, 0.3) is 5.69 Å². The third-order valence-electron chi connectivity index (χ3n) is 6.83. The molecule has 1 aliphatic heterocycles. The van der Waals surface area contributed by atoms with Gasteiger partial charge in [-0.3, -0.25) is 9.10 Å². The number of hydrazone groups is 1. The molecule has 0 aliphatic carbocycles. The summed E-state index contributed by atoms with van der Waals surface area (Å²) in [6.45, 7) is 8.09. The monoisotopic (exact) mass is 590 g/mol. The number of carbonyl (C=O) groups excluding carboxylic acids is 1. The summed E-state index contributed by atoms with van der Waals surface area (Å²) in [6, 6.07) is 17.3.